The Labute approximate surface area is 187 Å². The molecule has 162 valence electrons. The van der Waals surface area contributed by atoms with Gasteiger partial charge in [-0.2, -0.15) is 0 Å². The van der Waals surface area contributed by atoms with Gasteiger partial charge in [0.1, 0.15) is 24.0 Å². The standard InChI is InChI=1S/C25H25N5O2/c1-18(30-15-14-26-19(30)2)21-8-10-22(11-9-21)28-25(31)29-24-13-12-23(16-27-24)32-17-20-6-4-3-5-7-20/h3-16,18H,17H2,1-2H3,(H2,27,28,29,31)/t18-/m0/s1. The van der Waals surface area contributed by atoms with E-state index in [1.807, 2.05) is 67.7 Å². The maximum Gasteiger partial charge on any atom is 0.324 e. The van der Waals surface area contributed by atoms with Crippen LogP contribution in [0.4, 0.5) is 16.3 Å². The van der Waals surface area contributed by atoms with Crippen molar-refractivity contribution in [3.63, 3.8) is 0 Å². The molecule has 0 aliphatic carbocycles. The second kappa shape index (κ2) is 9.78. The Kier molecular flexibility index (Phi) is 6.46. The molecule has 2 heterocycles. The van der Waals surface area contributed by atoms with E-state index in [2.05, 4.69) is 32.1 Å². The highest BCUT2D eigenvalue weighted by Gasteiger charge is 2.10. The largest absolute Gasteiger partial charge is 0.487 e. The Bertz CT molecular complexity index is 1160. The summed E-state index contributed by atoms with van der Waals surface area (Å²) >= 11 is 0. The minimum atomic E-state index is -0.360. The summed E-state index contributed by atoms with van der Waals surface area (Å²) in [5.74, 6) is 2.04. The van der Waals surface area contributed by atoms with Gasteiger partial charge in [0, 0.05) is 18.1 Å². The molecule has 0 bridgehead atoms. The lowest BCUT2D eigenvalue weighted by molar-refractivity contribution is 0.262. The molecule has 0 aliphatic rings. The molecule has 0 radical (unpaired) electrons. The third-order valence-corrected chi connectivity index (χ3v) is 5.16. The number of nitrogens with zero attached hydrogens (tertiary/aromatic N) is 3. The summed E-state index contributed by atoms with van der Waals surface area (Å²) in [5.41, 5.74) is 2.91. The van der Waals surface area contributed by atoms with Crippen molar-refractivity contribution in [3.8, 4) is 5.75 Å². The first-order valence-corrected chi connectivity index (χ1v) is 10.4. The molecule has 0 saturated heterocycles. The number of nitrogens with one attached hydrogen (secondary N) is 2. The number of benzene rings is 2. The molecule has 2 N–H and O–H groups in total. The molecule has 32 heavy (non-hydrogen) atoms. The average Bonchev–Trinajstić information content (AvgIpc) is 3.25. The van der Waals surface area contributed by atoms with E-state index >= 15 is 0 Å². The number of aryl methyl sites for hydroxylation is 1. The van der Waals surface area contributed by atoms with Gasteiger partial charge in [-0.1, -0.05) is 42.5 Å². The van der Waals surface area contributed by atoms with E-state index in [-0.39, 0.29) is 12.1 Å². The zero-order valence-corrected chi connectivity index (χ0v) is 18.0. The molecule has 0 unspecified atom stereocenters. The quantitative estimate of drug-likeness (QED) is 0.413. The number of imidazole rings is 1. The van der Waals surface area contributed by atoms with Crippen molar-refractivity contribution < 1.29 is 9.53 Å². The third kappa shape index (κ3) is 5.31. The fourth-order valence-electron chi connectivity index (χ4n) is 3.36. The van der Waals surface area contributed by atoms with Crippen LogP contribution >= 0.6 is 0 Å². The summed E-state index contributed by atoms with van der Waals surface area (Å²) in [4.78, 5) is 20.8. The van der Waals surface area contributed by atoms with Gasteiger partial charge in [0.25, 0.3) is 0 Å². The molecule has 0 fully saturated rings. The molecule has 2 aromatic heterocycles. The lowest BCUT2D eigenvalue weighted by atomic mass is 10.1. The van der Waals surface area contributed by atoms with Gasteiger partial charge in [-0.25, -0.2) is 14.8 Å². The van der Waals surface area contributed by atoms with E-state index in [1.54, 1.807) is 24.5 Å². The van der Waals surface area contributed by atoms with E-state index in [4.69, 9.17) is 4.74 Å². The second-order valence-electron chi connectivity index (χ2n) is 7.41. The van der Waals surface area contributed by atoms with Crippen LogP contribution < -0.4 is 15.4 Å². The summed E-state index contributed by atoms with van der Waals surface area (Å²) < 4.78 is 7.82. The maximum atomic E-state index is 12.3. The zero-order chi connectivity index (χ0) is 22.3. The molecule has 4 rings (SSSR count). The van der Waals surface area contributed by atoms with Crippen LogP contribution in [0.15, 0.2) is 85.3 Å². The average molecular weight is 428 g/mol. The molecule has 0 aliphatic heterocycles. The van der Waals surface area contributed by atoms with Crippen LogP contribution in [-0.4, -0.2) is 20.6 Å². The zero-order valence-electron chi connectivity index (χ0n) is 18.0. The van der Waals surface area contributed by atoms with Crippen molar-refractivity contribution in [2.75, 3.05) is 10.6 Å². The van der Waals surface area contributed by atoms with Crippen LogP contribution in [0.2, 0.25) is 0 Å². The Hall–Kier alpha value is -4.13. The van der Waals surface area contributed by atoms with E-state index in [9.17, 15) is 4.79 Å². The third-order valence-electron chi connectivity index (χ3n) is 5.16. The maximum absolute atomic E-state index is 12.3. The van der Waals surface area contributed by atoms with Gasteiger partial charge in [-0.3, -0.25) is 5.32 Å². The monoisotopic (exact) mass is 427 g/mol. The van der Waals surface area contributed by atoms with Crippen LogP contribution in [0.5, 0.6) is 5.75 Å². The van der Waals surface area contributed by atoms with Gasteiger partial charge in [0.2, 0.25) is 0 Å². The number of pyridine rings is 1. The van der Waals surface area contributed by atoms with E-state index in [0.29, 0.717) is 23.9 Å². The number of carbonyl (C=O) groups is 1. The van der Waals surface area contributed by atoms with Gasteiger partial charge < -0.3 is 14.6 Å². The van der Waals surface area contributed by atoms with Crippen LogP contribution in [0, 0.1) is 6.92 Å². The predicted octanol–water partition coefficient (Wildman–Crippen LogP) is 5.42. The van der Waals surface area contributed by atoms with Crippen LogP contribution in [0.25, 0.3) is 0 Å². The van der Waals surface area contributed by atoms with Crippen molar-refractivity contribution in [2.24, 2.45) is 0 Å². The number of ether oxygens (including phenoxy) is 1. The van der Waals surface area contributed by atoms with Crippen molar-refractivity contribution in [2.45, 2.75) is 26.5 Å². The van der Waals surface area contributed by atoms with E-state index in [1.165, 1.54) is 0 Å². The fourth-order valence-corrected chi connectivity index (χ4v) is 3.36. The molecule has 7 heteroatoms. The van der Waals surface area contributed by atoms with Gasteiger partial charge in [-0.05, 0) is 49.2 Å². The predicted molar refractivity (Wildman–Crippen MR) is 125 cm³/mol. The topological polar surface area (TPSA) is 81.1 Å². The number of anilines is 2. The smallest absolute Gasteiger partial charge is 0.324 e. The molecular weight excluding hydrogens is 402 g/mol. The Morgan fingerprint density at radius 1 is 1.00 bits per heavy atom. The summed E-state index contributed by atoms with van der Waals surface area (Å²) in [6.45, 7) is 4.56. The number of rotatable bonds is 7. The highest BCUT2D eigenvalue weighted by Crippen LogP contribution is 2.21. The van der Waals surface area contributed by atoms with Gasteiger partial charge >= 0.3 is 6.03 Å². The summed E-state index contributed by atoms with van der Waals surface area (Å²) in [6, 6.07) is 20.9. The number of amides is 2. The molecule has 0 spiro atoms. The van der Waals surface area contributed by atoms with E-state index in [0.717, 1.165) is 17.0 Å². The van der Waals surface area contributed by atoms with Gasteiger partial charge in [-0.15, -0.1) is 0 Å². The first-order valence-electron chi connectivity index (χ1n) is 10.4. The molecule has 4 aromatic rings. The highest BCUT2D eigenvalue weighted by molar-refractivity contribution is 5.99. The Morgan fingerprint density at radius 2 is 1.78 bits per heavy atom. The number of aromatic nitrogens is 3. The van der Waals surface area contributed by atoms with Crippen LogP contribution in [0.3, 0.4) is 0 Å². The molecule has 1 atom stereocenters. The van der Waals surface area contributed by atoms with Crippen molar-refractivity contribution in [1.82, 2.24) is 14.5 Å². The first-order chi connectivity index (χ1) is 15.6. The number of urea groups is 1. The molecule has 2 aromatic carbocycles. The summed E-state index contributed by atoms with van der Waals surface area (Å²) in [5, 5.41) is 5.55. The minimum absolute atomic E-state index is 0.159. The van der Waals surface area contributed by atoms with Gasteiger partial charge in [0.15, 0.2) is 0 Å². The van der Waals surface area contributed by atoms with E-state index < -0.39 is 0 Å². The summed E-state index contributed by atoms with van der Waals surface area (Å²) in [7, 11) is 0. The molecule has 2 amide bonds. The highest BCUT2D eigenvalue weighted by atomic mass is 16.5. The second-order valence-corrected chi connectivity index (χ2v) is 7.41. The number of hydrogen-bond acceptors (Lipinski definition) is 4. The SMILES string of the molecule is Cc1nccn1[C@@H](C)c1ccc(NC(=O)Nc2ccc(OCc3ccccc3)cn2)cc1. The van der Waals surface area contributed by atoms with Crippen LogP contribution in [-0.2, 0) is 6.61 Å². The van der Waals surface area contributed by atoms with Crippen molar-refractivity contribution in [1.29, 1.82) is 0 Å². The molecule has 7 nitrogen and oxygen atoms in total. The first kappa shape index (κ1) is 21.1. The number of hydrogen-bond donors (Lipinski definition) is 2. The molecule has 0 saturated carbocycles. The lowest BCUT2D eigenvalue weighted by Gasteiger charge is -2.16. The summed E-state index contributed by atoms with van der Waals surface area (Å²) in [6.07, 6.45) is 5.35. The lowest BCUT2D eigenvalue weighted by Crippen LogP contribution is -2.20. The Morgan fingerprint density at radius 3 is 2.44 bits per heavy atom. The van der Waals surface area contributed by atoms with Gasteiger partial charge in [0.05, 0.1) is 12.2 Å². The minimum Gasteiger partial charge on any atom is -0.487 e. The van der Waals surface area contributed by atoms with Crippen molar-refractivity contribution in [3.05, 3.63) is 102 Å². The normalized spacial score (nSPS) is 11.6. The molecular formula is C25H25N5O2. The Balaban J connectivity index is 1.29. The van der Waals surface area contributed by atoms with Crippen molar-refractivity contribution >= 4 is 17.5 Å². The van der Waals surface area contributed by atoms with Crippen LogP contribution in [0.1, 0.15) is 29.9 Å². The number of carbonyl (C=O) groups excluding carboxylic acids is 1. The fraction of sp³-hybridized carbons (Fsp3) is 0.160.